The number of amides is 3. The predicted molar refractivity (Wildman–Crippen MR) is 95.5 cm³/mol. The number of aliphatic hydroxyl groups is 1. The molecule has 0 radical (unpaired) electrons. The van der Waals surface area contributed by atoms with Gasteiger partial charge in [0.2, 0.25) is 17.7 Å². The van der Waals surface area contributed by atoms with Crippen LogP contribution in [0.5, 0.6) is 0 Å². The van der Waals surface area contributed by atoms with Crippen molar-refractivity contribution in [1.29, 1.82) is 0 Å². The molecule has 3 heterocycles. The first kappa shape index (κ1) is 19.0. The maximum atomic E-state index is 14.0. The molecule has 1 aromatic rings. The summed E-state index contributed by atoms with van der Waals surface area (Å²) in [4.78, 5) is 40.4. The van der Waals surface area contributed by atoms with Crippen LogP contribution in [0.2, 0.25) is 0 Å². The molecule has 3 aliphatic rings. The number of fused-ring (bicyclic) bond motifs is 4. The number of halogens is 1. The normalized spacial score (nSPS) is 32.1. The van der Waals surface area contributed by atoms with E-state index in [1.807, 2.05) is 0 Å². The van der Waals surface area contributed by atoms with E-state index in [0.29, 0.717) is 18.7 Å². The van der Waals surface area contributed by atoms with Crippen molar-refractivity contribution in [3.63, 3.8) is 0 Å². The summed E-state index contributed by atoms with van der Waals surface area (Å²) >= 11 is 0. The molecule has 0 aliphatic carbocycles. The highest BCUT2D eigenvalue weighted by molar-refractivity contribution is 6.15. The summed E-state index contributed by atoms with van der Waals surface area (Å²) < 4.78 is 19.0. The van der Waals surface area contributed by atoms with E-state index in [-0.39, 0.29) is 12.1 Å². The van der Waals surface area contributed by atoms with Gasteiger partial charge in [0.05, 0.1) is 17.9 Å². The number of nitrogens with zero attached hydrogens (tertiary/aromatic N) is 1. The van der Waals surface area contributed by atoms with Crippen molar-refractivity contribution in [2.75, 3.05) is 25.6 Å². The Labute approximate surface area is 161 Å². The largest absolute Gasteiger partial charge is 0.392 e. The first-order valence-electron chi connectivity index (χ1n) is 9.24. The topological polar surface area (TPSA) is 108 Å². The number of rotatable bonds is 5. The second kappa shape index (κ2) is 6.61. The molecule has 5 atom stereocenters. The van der Waals surface area contributed by atoms with Crippen molar-refractivity contribution in [3.05, 3.63) is 29.6 Å². The van der Waals surface area contributed by atoms with E-state index in [2.05, 4.69) is 10.6 Å². The Morgan fingerprint density at radius 2 is 2.07 bits per heavy atom. The first-order valence-corrected chi connectivity index (χ1v) is 9.24. The quantitative estimate of drug-likeness (QED) is 0.480. The predicted octanol–water partition coefficient (Wildman–Crippen LogP) is -0.0366. The van der Waals surface area contributed by atoms with Gasteiger partial charge in [-0.15, -0.1) is 0 Å². The molecule has 3 aliphatic heterocycles. The minimum Gasteiger partial charge on any atom is -0.392 e. The van der Waals surface area contributed by atoms with E-state index in [4.69, 9.17) is 4.74 Å². The highest BCUT2D eigenvalue weighted by atomic mass is 19.1. The minimum atomic E-state index is -1.59. The summed E-state index contributed by atoms with van der Waals surface area (Å²) in [6.45, 7) is 2.04. The van der Waals surface area contributed by atoms with Gasteiger partial charge in [0.25, 0.3) is 0 Å². The van der Waals surface area contributed by atoms with Gasteiger partial charge in [-0.3, -0.25) is 24.6 Å². The highest BCUT2D eigenvalue weighted by Crippen LogP contribution is 2.53. The Kier molecular flexibility index (Phi) is 4.48. The SMILES string of the molecule is COCCCN1C(=O)[C@@H]2[C@@H]([C@H](C)O)N[C@]3(C(=O)Nc4ccc(F)cc43)[C@@H]2C1=O. The van der Waals surface area contributed by atoms with Crippen LogP contribution in [-0.2, 0) is 24.7 Å². The Morgan fingerprint density at radius 1 is 1.32 bits per heavy atom. The van der Waals surface area contributed by atoms with Crippen molar-refractivity contribution in [2.45, 2.75) is 31.0 Å². The minimum absolute atomic E-state index is 0.165. The molecule has 2 fully saturated rings. The van der Waals surface area contributed by atoms with Crippen molar-refractivity contribution in [2.24, 2.45) is 11.8 Å². The summed E-state index contributed by atoms with van der Waals surface area (Å²) in [5, 5.41) is 16.0. The van der Waals surface area contributed by atoms with Gasteiger partial charge in [-0.05, 0) is 31.5 Å². The zero-order valence-electron chi connectivity index (χ0n) is 15.6. The summed E-state index contributed by atoms with van der Waals surface area (Å²) in [6.07, 6.45) is -0.530. The molecule has 0 aromatic heterocycles. The fraction of sp³-hybridized carbons (Fsp3) is 0.526. The van der Waals surface area contributed by atoms with Crippen LogP contribution in [0.25, 0.3) is 0 Å². The fourth-order valence-corrected chi connectivity index (χ4v) is 4.77. The van der Waals surface area contributed by atoms with Gasteiger partial charge >= 0.3 is 0 Å². The number of methoxy groups -OCH3 is 1. The van der Waals surface area contributed by atoms with Crippen LogP contribution in [-0.4, -0.2) is 60.1 Å². The summed E-state index contributed by atoms with van der Waals surface area (Å²) in [7, 11) is 1.53. The van der Waals surface area contributed by atoms with Crippen LogP contribution in [0.1, 0.15) is 18.9 Å². The number of likely N-dealkylation sites (tertiary alicyclic amines) is 1. The van der Waals surface area contributed by atoms with Crippen molar-refractivity contribution >= 4 is 23.4 Å². The number of nitrogens with one attached hydrogen (secondary N) is 2. The molecule has 2 saturated heterocycles. The van der Waals surface area contributed by atoms with E-state index in [1.54, 1.807) is 0 Å². The monoisotopic (exact) mass is 391 g/mol. The number of ether oxygens (including phenoxy) is 1. The number of anilines is 1. The molecule has 8 nitrogen and oxygen atoms in total. The van der Waals surface area contributed by atoms with Crippen LogP contribution in [0.15, 0.2) is 18.2 Å². The van der Waals surface area contributed by atoms with Gasteiger partial charge in [0.15, 0.2) is 0 Å². The lowest BCUT2D eigenvalue weighted by atomic mass is 9.76. The van der Waals surface area contributed by atoms with Crippen LogP contribution < -0.4 is 10.6 Å². The number of hydrogen-bond acceptors (Lipinski definition) is 6. The number of benzene rings is 1. The van der Waals surface area contributed by atoms with Crippen molar-refractivity contribution in [3.8, 4) is 0 Å². The Hall–Kier alpha value is -2.36. The number of carbonyl (C=O) groups is 3. The average Bonchev–Trinajstić information content (AvgIpc) is 3.23. The molecule has 3 amide bonds. The van der Waals surface area contributed by atoms with Crippen LogP contribution >= 0.6 is 0 Å². The standard InChI is InChI=1S/C19H22FN3O5/c1-9(24)15-13-14(17(26)23(16(13)25)6-3-7-28-2)19(22-15)11-8-10(20)4-5-12(11)21-18(19)27/h4-5,8-9,13-15,22,24H,3,6-7H2,1-2H3,(H,21,27)/t9-,13-,14-,15+,19-/m0/s1. The Balaban J connectivity index is 1.81. The van der Waals surface area contributed by atoms with Gasteiger partial charge in [0, 0.05) is 37.6 Å². The third-order valence-corrected chi connectivity index (χ3v) is 5.95. The molecule has 150 valence electrons. The van der Waals surface area contributed by atoms with E-state index in [1.165, 1.54) is 32.2 Å². The van der Waals surface area contributed by atoms with E-state index >= 15 is 0 Å². The van der Waals surface area contributed by atoms with Gasteiger partial charge in [-0.25, -0.2) is 4.39 Å². The van der Waals surface area contributed by atoms with Gasteiger partial charge in [-0.2, -0.15) is 0 Å². The van der Waals surface area contributed by atoms with Crippen LogP contribution in [0.4, 0.5) is 10.1 Å². The lowest BCUT2D eigenvalue weighted by Crippen LogP contribution is -2.54. The second-order valence-corrected chi connectivity index (χ2v) is 7.54. The van der Waals surface area contributed by atoms with Crippen molar-refractivity contribution in [1.82, 2.24) is 10.2 Å². The number of aliphatic hydroxyl groups excluding tert-OH is 1. The molecule has 0 unspecified atom stereocenters. The fourth-order valence-electron chi connectivity index (χ4n) is 4.77. The molecular formula is C19H22FN3O5. The van der Waals surface area contributed by atoms with Crippen LogP contribution in [0.3, 0.4) is 0 Å². The smallest absolute Gasteiger partial charge is 0.250 e. The molecule has 1 aromatic carbocycles. The zero-order chi connectivity index (χ0) is 20.2. The summed E-state index contributed by atoms with van der Waals surface area (Å²) in [5.41, 5.74) is -0.913. The van der Waals surface area contributed by atoms with Crippen LogP contribution in [0, 0.1) is 17.7 Å². The molecule has 28 heavy (non-hydrogen) atoms. The molecule has 1 spiro atoms. The zero-order valence-corrected chi connectivity index (χ0v) is 15.6. The average molecular weight is 391 g/mol. The van der Waals surface area contributed by atoms with Gasteiger partial charge < -0.3 is 15.2 Å². The molecule has 3 N–H and O–H groups in total. The molecular weight excluding hydrogens is 369 g/mol. The second-order valence-electron chi connectivity index (χ2n) is 7.54. The maximum Gasteiger partial charge on any atom is 0.250 e. The molecule has 0 bridgehead atoms. The highest BCUT2D eigenvalue weighted by Gasteiger charge is 2.71. The number of imide groups is 1. The number of hydrogen-bond donors (Lipinski definition) is 3. The van der Waals surface area contributed by atoms with Gasteiger partial charge in [0.1, 0.15) is 11.4 Å². The molecule has 0 saturated carbocycles. The van der Waals surface area contributed by atoms with E-state index in [0.717, 1.165) is 4.90 Å². The van der Waals surface area contributed by atoms with Gasteiger partial charge in [-0.1, -0.05) is 0 Å². The number of carbonyl (C=O) groups excluding carboxylic acids is 3. The molecule has 4 rings (SSSR count). The lowest BCUT2D eigenvalue weighted by Gasteiger charge is -2.30. The summed E-state index contributed by atoms with van der Waals surface area (Å²) in [5.74, 6) is -3.96. The first-order chi connectivity index (χ1) is 13.3. The van der Waals surface area contributed by atoms with Crippen molar-refractivity contribution < 1.29 is 28.6 Å². The third kappa shape index (κ3) is 2.43. The summed E-state index contributed by atoms with van der Waals surface area (Å²) in [6, 6.07) is 3.04. The Bertz CT molecular complexity index is 860. The van der Waals surface area contributed by atoms with E-state index in [9.17, 15) is 23.9 Å². The third-order valence-electron chi connectivity index (χ3n) is 5.95. The van der Waals surface area contributed by atoms with E-state index < -0.39 is 53.1 Å². The Morgan fingerprint density at radius 3 is 2.75 bits per heavy atom. The maximum absolute atomic E-state index is 14.0. The lowest BCUT2D eigenvalue weighted by molar-refractivity contribution is -0.143. The molecule has 9 heteroatoms.